The highest BCUT2D eigenvalue weighted by Crippen LogP contribution is 2.60. The van der Waals surface area contributed by atoms with Crippen LogP contribution in [0.5, 0.6) is 23.0 Å². The molecule has 4 aliphatic heterocycles. The molecule has 9 aromatic rings. The van der Waals surface area contributed by atoms with E-state index in [2.05, 4.69) is 213 Å². The van der Waals surface area contributed by atoms with Gasteiger partial charge in [0.25, 0.3) is 6.71 Å². The number of para-hydroxylation sites is 4. The lowest BCUT2D eigenvalue weighted by Crippen LogP contribution is -2.59. The highest BCUT2D eigenvalue weighted by atomic mass is 16.5. The Morgan fingerprint density at radius 1 is 0.377 bits per heavy atom. The van der Waals surface area contributed by atoms with Gasteiger partial charge < -0.3 is 19.3 Å². The molecule has 0 atom stereocenters. The Morgan fingerprint density at radius 3 is 1.20 bits per heavy atom. The van der Waals surface area contributed by atoms with Crippen LogP contribution in [0.4, 0.5) is 34.1 Å². The number of anilines is 6. The van der Waals surface area contributed by atoms with Crippen molar-refractivity contribution in [1.82, 2.24) is 0 Å². The van der Waals surface area contributed by atoms with E-state index in [0.29, 0.717) is 0 Å². The van der Waals surface area contributed by atoms with E-state index in [-0.39, 0.29) is 6.71 Å². The molecule has 0 bridgehead atoms. The van der Waals surface area contributed by atoms with E-state index in [1.807, 2.05) is 0 Å². The molecule has 0 fully saturated rings. The third-order valence-corrected chi connectivity index (χ3v) is 14.0. The van der Waals surface area contributed by atoms with E-state index in [9.17, 15) is 0 Å². The van der Waals surface area contributed by atoms with Gasteiger partial charge in [-0.2, -0.15) is 0 Å². The molecule has 0 saturated heterocycles. The largest absolute Gasteiger partial charge is 0.458 e. The third kappa shape index (κ3) is 4.45. The Labute approximate surface area is 356 Å². The number of nitrogens with zero attached hydrogens (tertiary/aromatic N) is 2. The molecule has 4 aliphatic rings. The minimum atomic E-state index is -0.408. The smallest absolute Gasteiger partial charge is 0.262 e. The van der Waals surface area contributed by atoms with Crippen molar-refractivity contribution in [2.24, 2.45) is 0 Å². The van der Waals surface area contributed by atoms with Crippen LogP contribution in [-0.4, -0.2) is 6.71 Å². The van der Waals surface area contributed by atoms with E-state index in [4.69, 9.17) is 9.47 Å². The fourth-order valence-electron chi connectivity index (χ4n) is 11.5. The average molecular weight is 785 g/mol. The first kappa shape index (κ1) is 34.6. The summed E-state index contributed by atoms with van der Waals surface area (Å²) >= 11 is 0. The van der Waals surface area contributed by atoms with E-state index in [0.717, 1.165) is 39.8 Å². The predicted molar refractivity (Wildman–Crippen MR) is 253 cm³/mol. The molecule has 0 amide bonds. The number of benzene rings is 9. The normalized spacial score (nSPS) is 15.6. The van der Waals surface area contributed by atoms with Gasteiger partial charge in [-0.15, -0.1) is 0 Å². The molecule has 0 spiro atoms. The lowest BCUT2D eigenvalue weighted by molar-refractivity contribution is 0.446. The monoisotopic (exact) mass is 784 g/mol. The van der Waals surface area contributed by atoms with Crippen molar-refractivity contribution in [2.45, 2.75) is 38.5 Å². The van der Waals surface area contributed by atoms with Gasteiger partial charge in [0.1, 0.15) is 23.0 Å². The molecule has 9 aromatic carbocycles. The molecule has 4 nitrogen and oxygen atoms in total. The predicted octanol–water partition coefficient (Wildman–Crippen LogP) is 12.9. The summed E-state index contributed by atoms with van der Waals surface area (Å²) in [5.41, 5.74) is 14.5. The number of ether oxygens (including phenoxy) is 2. The lowest BCUT2D eigenvalue weighted by atomic mass is 9.33. The molecule has 0 aliphatic carbocycles. The summed E-state index contributed by atoms with van der Waals surface area (Å²) in [4.78, 5) is 4.94. The van der Waals surface area contributed by atoms with Gasteiger partial charge in [-0.25, -0.2) is 0 Å². The number of rotatable bonds is 2. The van der Waals surface area contributed by atoms with E-state index < -0.39 is 10.8 Å². The standard InChI is InChI=1S/C56H41BN2O2/c1-55(2)40-28-15-17-30-42(40)58(34-20-7-5-8-21-34)51-38-26-13-11-24-36(38)48-53(46(51)55)60-44-32-19-33-45-50(44)57(48)49-37-25-12-14-27-39(37)52-47(54(49)61-45)56(3,4)41-29-16-18-31-43(41)59(52)35-22-9-6-10-23-35/h5-33H,1-4H3. The maximum atomic E-state index is 7.45. The first-order valence-electron chi connectivity index (χ1n) is 21.4. The highest BCUT2D eigenvalue weighted by Gasteiger charge is 2.51. The van der Waals surface area contributed by atoms with Gasteiger partial charge in [0.2, 0.25) is 0 Å². The molecule has 0 radical (unpaired) electrons. The summed E-state index contributed by atoms with van der Waals surface area (Å²) in [6, 6.07) is 63.8. The van der Waals surface area contributed by atoms with Crippen LogP contribution >= 0.6 is 0 Å². The van der Waals surface area contributed by atoms with Gasteiger partial charge in [0.05, 0.1) is 22.7 Å². The zero-order valence-electron chi connectivity index (χ0n) is 34.5. The first-order valence-corrected chi connectivity index (χ1v) is 21.4. The maximum absolute atomic E-state index is 7.45. The zero-order chi connectivity index (χ0) is 40.8. The summed E-state index contributed by atoms with van der Waals surface area (Å²) in [6.07, 6.45) is 0. The molecular formula is C56H41BN2O2. The third-order valence-electron chi connectivity index (χ3n) is 14.0. The van der Waals surface area contributed by atoms with Crippen LogP contribution < -0.4 is 35.7 Å². The van der Waals surface area contributed by atoms with Gasteiger partial charge in [-0.1, -0.05) is 155 Å². The van der Waals surface area contributed by atoms with Crippen molar-refractivity contribution in [1.29, 1.82) is 0 Å². The topological polar surface area (TPSA) is 24.9 Å². The Morgan fingerprint density at radius 2 is 0.754 bits per heavy atom. The molecule has 13 rings (SSSR count). The molecule has 4 heterocycles. The van der Waals surface area contributed by atoms with Crippen molar-refractivity contribution in [3.8, 4) is 23.0 Å². The summed E-state index contributed by atoms with van der Waals surface area (Å²) in [5, 5.41) is 4.77. The van der Waals surface area contributed by atoms with Gasteiger partial charge in [-0.05, 0) is 81.4 Å². The van der Waals surface area contributed by atoms with Gasteiger partial charge in [-0.3, -0.25) is 0 Å². The van der Waals surface area contributed by atoms with Gasteiger partial charge in [0, 0.05) is 49.6 Å². The summed E-state index contributed by atoms with van der Waals surface area (Å²) in [6.45, 7) is 9.32. The molecular weight excluding hydrogens is 743 g/mol. The van der Waals surface area contributed by atoms with Crippen molar-refractivity contribution in [2.75, 3.05) is 9.80 Å². The Hall–Kier alpha value is -7.24. The van der Waals surface area contributed by atoms with Crippen molar-refractivity contribution >= 4 is 78.8 Å². The van der Waals surface area contributed by atoms with E-state index >= 15 is 0 Å². The first-order chi connectivity index (χ1) is 29.8. The second-order valence-corrected chi connectivity index (χ2v) is 18.0. The minimum Gasteiger partial charge on any atom is -0.458 e. The SMILES string of the molecule is CC1(C)c2ccccc2N(c2ccccc2)c2c1c1c(c3ccccc23)B2c3c(cccc3Oc3c4c(c5ccccc5c32)N(c2ccccc2)c2ccccc2C4(C)C)O1. The summed E-state index contributed by atoms with van der Waals surface area (Å²) in [7, 11) is 0. The Bertz CT molecular complexity index is 3120. The molecule has 0 aromatic heterocycles. The Balaban J connectivity index is 1.19. The van der Waals surface area contributed by atoms with Crippen molar-refractivity contribution in [3.05, 3.63) is 198 Å². The van der Waals surface area contributed by atoms with E-state index in [1.54, 1.807) is 0 Å². The van der Waals surface area contributed by atoms with Gasteiger partial charge >= 0.3 is 0 Å². The van der Waals surface area contributed by atoms with Crippen LogP contribution in [0.2, 0.25) is 0 Å². The van der Waals surface area contributed by atoms with Crippen molar-refractivity contribution in [3.63, 3.8) is 0 Å². The van der Waals surface area contributed by atoms with E-state index in [1.165, 1.54) is 77.5 Å². The Kier molecular flexibility index (Phi) is 6.91. The summed E-state index contributed by atoms with van der Waals surface area (Å²) in [5.74, 6) is 3.57. The van der Waals surface area contributed by atoms with Crippen LogP contribution in [0, 0.1) is 0 Å². The number of hydrogen-bond donors (Lipinski definition) is 0. The molecule has 5 heteroatoms. The quantitative estimate of drug-likeness (QED) is 0.163. The van der Waals surface area contributed by atoms with Gasteiger partial charge in [0.15, 0.2) is 0 Å². The van der Waals surface area contributed by atoms with Crippen LogP contribution in [0.15, 0.2) is 176 Å². The summed E-state index contributed by atoms with van der Waals surface area (Å²) < 4.78 is 14.9. The highest BCUT2D eigenvalue weighted by molar-refractivity contribution is 7.01. The molecule has 0 saturated carbocycles. The minimum absolute atomic E-state index is 0.180. The van der Waals surface area contributed by atoms with Crippen LogP contribution in [0.25, 0.3) is 21.5 Å². The zero-order valence-corrected chi connectivity index (χ0v) is 34.5. The average Bonchev–Trinajstić information content (AvgIpc) is 3.29. The van der Waals surface area contributed by atoms with Crippen molar-refractivity contribution < 1.29 is 9.47 Å². The fraction of sp³-hybridized carbons (Fsp3) is 0.107. The fourth-order valence-corrected chi connectivity index (χ4v) is 11.5. The molecule has 0 unspecified atom stereocenters. The number of hydrogen-bond acceptors (Lipinski definition) is 4. The molecule has 290 valence electrons. The number of fused-ring (bicyclic) bond motifs is 16. The van der Waals surface area contributed by atoms with Crippen LogP contribution in [0.3, 0.4) is 0 Å². The van der Waals surface area contributed by atoms with Crippen LogP contribution in [0.1, 0.15) is 49.9 Å². The second-order valence-electron chi connectivity index (χ2n) is 18.0. The second kappa shape index (κ2) is 12.2. The van der Waals surface area contributed by atoms with Crippen LogP contribution in [-0.2, 0) is 10.8 Å². The maximum Gasteiger partial charge on any atom is 0.262 e. The molecule has 61 heavy (non-hydrogen) atoms. The molecule has 0 N–H and O–H groups in total. The lowest BCUT2D eigenvalue weighted by Gasteiger charge is -2.47.